The van der Waals surface area contributed by atoms with Gasteiger partial charge in [-0.3, -0.25) is 4.79 Å². The highest BCUT2D eigenvalue weighted by atomic mass is 16.5. The molecule has 0 saturated carbocycles. The van der Waals surface area contributed by atoms with Crippen LogP contribution in [0.3, 0.4) is 0 Å². The number of rotatable bonds is 7. The Kier molecular flexibility index (Phi) is 5.04. The summed E-state index contributed by atoms with van der Waals surface area (Å²) >= 11 is 0. The number of methoxy groups -OCH3 is 1. The lowest BCUT2D eigenvalue weighted by atomic mass is 10.3. The number of nitrogens with zero attached hydrogens (tertiary/aromatic N) is 4. The fourth-order valence-electron chi connectivity index (χ4n) is 1.89. The van der Waals surface area contributed by atoms with E-state index in [9.17, 15) is 4.79 Å². The minimum absolute atomic E-state index is 0.132. The minimum Gasteiger partial charge on any atom is -0.384 e. The molecule has 0 bridgehead atoms. The van der Waals surface area contributed by atoms with E-state index in [1.165, 1.54) is 0 Å². The van der Waals surface area contributed by atoms with E-state index in [0.29, 0.717) is 24.7 Å². The van der Waals surface area contributed by atoms with Crippen LogP contribution < -0.4 is 5.32 Å². The molecule has 1 amide bonds. The Labute approximate surface area is 122 Å². The second-order valence-electron chi connectivity index (χ2n) is 4.62. The van der Waals surface area contributed by atoms with Crippen molar-refractivity contribution in [3.05, 3.63) is 29.9 Å². The molecule has 8 nitrogen and oxygen atoms in total. The van der Waals surface area contributed by atoms with E-state index in [1.54, 1.807) is 24.1 Å². The summed E-state index contributed by atoms with van der Waals surface area (Å²) in [5.74, 6) is 1.61. The molecule has 1 atom stereocenters. The van der Waals surface area contributed by atoms with E-state index in [0.717, 1.165) is 5.82 Å². The third-order valence-electron chi connectivity index (χ3n) is 3.11. The molecule has 1 N–H and O–H groups in total. The second kappa shape index (κ2) is 6.98. The number of hydrogen-bond acceptors (Lipinski definition) is 6. The maximum atomic E-state index is 12.1. The standard InChI is InChI=1S/C13H19N5O3/c1-9(18-6-5-14-10(18)2)13(19)15-8-12-16-11(17-21-12)4-7-20-3/h5-6,9H,4,7-8H2,1-3H3,(H,15,19)/t9-/m0/s1. The molecular weight excluding hydrogens is 274 g/mol. The van der Waals surface area contributed by atoms with Gasteiger partial charge in [-0.15, -0.1) is 0 Å². The van der Waals surface area contributed by atoms with E-state index in [2.05, 4.69) is 20.4 Å². The molecule has 0 aliphatic carbocycles. The molecule has 0 aromatic carbocycles. The lowest BCUT2D eigenvalue weighted by Gasteiger charge is -2.14. The molecule has 0 fully saturated rings. The number of ether oxygens (including phenoxy) is 1. The molecule has 0 saturated heterocycles. The lowest BCUT2D eigenvalue weighted by Crippen LogP contribution is -2.30. The summed E-state index contributed by atoms with van der Waals surface area (Å²) in [6.45, 7) is 4.39. The predicted octanol–water partition coefficient (Wildman–Crippen LogP) is 0.641. The fraction of sp³-hybridized carbons (Fsp3) is 0.538. The largest absolute Gasteiger partial charge is 0.384 e. The fourth-order valence-corrected chi connectivity index (χ4v) is 1.89. The molecule has 2 rings (SSSR count). The number of nitrogens with one attached hydrogen (secondary N) is 1. The van der Waals surface area contributed by atoms with Crippen LogP contribution in [0.2, 0.25) is 0 Å². The van der Waals surface area contributed by atoms with Gasteiger partial charge in [0.25, 0.3) is 0 Å². The molecule has 0 aliphatic rings. The van der Waals surface area contributed by atoms with Crippen molar-refractivity contribution in [1.29, 1.82) is 0 Å². The normalized spacial score (nSPS) is 12.3. The van der Waals surface area contributed by atoms with Crippen LogP contribution in [0.15, 0.2) is 16.9 Å². The molecule has 0 unspecified atom stereocenters. The van der Waals surface area contributed by atoms with Crippen LogP contribution in [0.5, 0.6) is 0 Å². The van der Waals surface area contributed by atoms with Crippen LogP contribution in [0, 0.1) is 6.92 Å². The van der Waals surface area contributed by atoms with Crippen molar-refractivity contribution in [3.8, 4) is 0 Å². The van der Waals surface area contributed by atoms with Gasteiger partial charge in [-0.25, -0.2) is 4.98 Å². The smallest absolute Gasteiger partial charge is 0.246 e. The van der Waals surface area contributed by atoms with Gasteiger partial charge < -0.3 is 19.1 Å². The van der Waals surface area contributed by atoms with Gasteiger partial charge in [-0.1, -0.05) is 5.16 Å². The van der Waals surface area contributed by atoms with Gasteiger partial charge in [0.15, 0.2) is 5.82 Å². The highest BCUT2D eigenvalue weighted by Crippen LogP contribution is 2.08. The zero-order valence-electron chi connectivity index (χ0n) is 12.4. The van der Waals surface area contributed by atoms with Gasteiger partial charge in [0.2, 0.25) is 11.8 Å². The van der Waals surface area contributed by atoms with Crippen LogP contribution >= 0.6 is 0 Å². The predicted molar refractivity (Wildman–Crippen MR) is 73.4 cm³/mol. The Hall–Kier alpha value is -2.22. The van der Waals surface area contributed by atoms with Crippen LogP contribution in [0.1, 0.15) is 30.5 Å². The average molecular weight is 293 g/mol. The number of amides is 1. The molecule has 2 aromatic rings. The summed E-state index contributed by atoms with van der Waals surface area (Å²) in [7, 11) is 1.61. The van der Waals surface area contributed by atoms with Crippen molar-refractivity contribution in [2.75, 3.05) is 13.7 Å². The summed E-state index contributed by atoms with van der Waals surface area (Å²) in [4.78, 5) is 20.3. The van der Waals surface area contributed by atoms with Crippen molar-refractivity contribution in [3.63, 3.8) is 0 Å². The Morgan fingerprint density at radius 1 is 1.57 bits per heavy atom. The summed E-state index contributed by atoms with van der Waals surface area (Å²) in [6, 6.07) is -0.344. The van der Waals surface area contributed by atoms with Crippen molar-refractivity contribution in [1.82, 2.24) is 25.0 Å². The number of aryl methyl sites for hydroxylation is 1. The third kappa shape index (κ3) is 3.88. The van der Waals surface area contributed by atoms with Gasteiger partial charge in [0.05, 0.1) is 13.2 Å². The molecule has 0 spiro atoms. The van der Waals surface area contributed by atoms with Crippen LogP contribution in [0.4, 0.5) is 0 Å². The van der Waals surface area contributed by atoms with E-state index in [4.69, 9.17) is 9.26 Å². The third-order valence-corrected chi connectivity index (χ3v) is 3.11. The van der Waals surface area contributed by atoms with Gasteiger partial charge in [-0.2, -0.15) is 4.98 Å². The summed E-state index contributed by atoms with van der Waals surface area (Å²) < 4.78 is 11.8. The Balaban J connectivity index is 1.86. The van der Waals surface area contributed by atoms with Crippen molar-refractivity contribution < 1.29 is 14.1 Å². The molecule has 114 valence electrons. The molecule has 0 radical (unpaired) electrons. The number of imidazole rings is 1. The first kappa shape index (κ1) is 15.2. The molecule has 21 heavy (non-hydrogen) atoms. The molecule has 2 aromatic heterocycles. The highest BCUT2D eigenvalue weighted by Gasteiger charge is 2.17. The molecular formula is C13H19N5O3. The van der Waals surface area contributed by atoms with Crippen LogP contribution in [0.25, 0.3) is 0 Å². The van der Waals surface area contributed by atoms with Crippen molar-refractivity contribution >= 4 is 5.91 Å². The molecule has 8 heteroatoms. The number of aromatic nitrogens is 4. The van der Waals surface area contributed by atoms with E-state index in [1.807, 2.05) is 13.8 Å². The Morgan fingerprint density at radius 2 is 2.38 bits per heavy atom. The maximum Gasteiger partial charge on any atom is 0.246 e. The zero-order chi connectivity index (χ0) is 15.2. The first-order valence-electron chi connectivity index (χ1n) is 6.69. The first-order valence-corrected chi connectivity index (χ1v) is 6.69. The van der Waals surface area contributed by atoms with E-state index in [-0.39, 0.29) is 18.5 Å². The maximum absolute atomic E-state index is 12.1. The van der Waals surface area contributed by atoms with Crippen LogP contribution in [-0.2, 0) is 22.5 Å². The minimum atomic E-state index is -0.344. The van der Waals surface area contributed by atoms with Crippen LogP contribution in [-0.4, -0.2) is 39.3 Å². The Morgan fingerprint density at radius 3 is 3.05 bits per heavy atom. The number of carbonyl (C=O) groups is 1. The Bertz CT molecular complexity index is 592. The highest BCUT2D eigenvalue weighted by molar-refractivity contribution is 5.79. The SMILES string of the molecule is COCCc1noc(CNC(=O)[C@H](C)n2ccnc2C)n1. The first-order chi connectivity index (χ1) is 10.1. The van der Waals surface area contributed by atoms with Crippen molar-refractivity contribution in [2.45, 2.75) is 32.9 Å². The summed E-state index contributed by atoms with van der Waals surface area (Å²) in [6.07, 6.45) is 4.02. The van der Waals surface area contributed by atoms with E-state index >= 15 is 0 Å². The van der Waals surface area contributed by atoms with Gasteiger partial charge >= 0.3 is 0 Å². The second-order valence-corrected chi connectivity index (χ2v) is 4.62. The average Bonchev–Trinajstić information content (AvgIpc) is 3.10. The monoisotopic (exact) mass is 293 g/mol. The summed E-state index contributed by atoms with van der Waals surface area (Å²) in [5.41, 5.74) is 0. The van der Waals surface area contributed by atoms with Gasteiger partial charge in [0, 0.05) is 25.9 Å². The molecule has 0 aliphatic heterocycles. The van der Waals surface area contributed by atoms with E-state index < -0.39 is 0 Å². The molecule has 2 heterocycles. The van der Waals surface area contributed by atoms with Gasteiger partial charge in [-0.05, 0) is 13.8 Å². The number of hydrogen-bond donors (Lipinski definition) is 1. The van der Waals surface area contributed by atoms with Crippen molar-refractivity contribution in [2.24, 2.45) is 0 Å². The number of carbonyl (C=O) groups excluding carboxylic acids is 1. The topological polar surface area (TPSA) is 95.1 Å². The quantitative estimate of drug-likeness (QED) is 0.805. The van der Waals surface area contributed by atoms with Gasteiger partial charge in [0.1, 0.15) is 11.9 Å². The lowest BCUT2D eigenvalue weighted by molar-refractivity contribution is -0.124. The zero-order valence-corrected chi connectivity index (χ0v) is 12.4. The summed E-state index contributed by atoms with van der Waals surface area (Å²) in [5, 5.41) is 6.58.